The van der Waals surface area contributed by atoms with E-state index in [1.165, 1.54) is 11.8 Å². The number of hydrogen-bond donors (Lipinski definition) is 3. The maximum Gasteiger partial charge on any atom is 0.234 e. The molecule has 0 aliphatic heterocycles. The van der Waals surface area contributed by atoms with Crippen LogP contribution in [0.2, 0.25) is 0 Å². The molecule has 0 saturated carbocycles. The van der Waals surface area contributed by atoms with E-state index < -0.39 is 5.41 Å². The molecule has 0 saturated heterocycles. The van der Waals surface area contributed by atoms with Crippen LogP contribution in [0.25, 0.3) is 0 Å². The summed E-state index contributed by atoms with van der Waals surface area (Å²) in [5, 5.41) is 5.59. The average molecular weight is 309 g/mol. The minimum Gasteiger partial charge on any atom is -0.354 e. The Balaban J connectivity index is 2.31. The second-order valence-corrected chi connectivity index (χ2v) is 6.32. The molecule has 1 aromatic rings. The van der Waals surface area contributed by atoms with E-state index in [-0.39, 0.29) is 11.8 Å². The molecule has 0 bridgehead atoms. The monoisotopic (exact) mass is 309 g/mol. The fourth-order valence-electron chi connectivity index (χ4n) is 1.61. The van der Waals surface area contributed by atoms with Crippen LogP contribution in [-0.4, -0.2) is 36.4 Å². The number of nitrogens with one attached hydrogen (secondary N) is 2. The number of nitrogens with two attached hydrogens (primary N) is 1. The van der Waals surface area contributed by atoms with Gasteiger partial charge in [-0.1, -0.05) is 32.0 Å². The number of amides is 2. The summed E-state index contributed by atoms with van der Waals surface area (Å²) in [4.78, 5) is 23.7. The summed E-state index contributed by atoms with van der Waals surface area (Å²) in [6.07, 6.45) is 0. The molecule has 0 radical (unpaired) electrons. The standard InChI is InChI=1S/C15H23N3O2S/c1-15(2,14(20)17-9-8-16)11-21-10-13(19)18-12-6-4-3-5-7-12/h3-7H,8-11,16H2,1-2H3,(H,17,20)(H,18,19). The lowest BCUT2D eigenvalue weighted by Gasteiger charge is -2.22. The molecule has 0 heterocycles. The lowest BCUT2D eigenvalue weighted by molar-refractivity contribution is -0.128. The van der Waals surface area contributed by atoms with Gasteiger partial charge in [-0.3, -0.25) is 9.59 Å². The highest BCUT2D eigenvalue weighted by molar-refractivity contribution is 8.00. The predicted octanol–water partition coefficient (Wildman–Crippen LogP) is 1.46. The molecule has 1 rings (SSSR count). The van der Waals surface area contributed by atoms with Gasteiger partial charge in [0.25, 0.3) is 0 Å². The van der Waals surface area contributed by atoms with E-state index in [4.69, 9.17) is 5.73 Å². The van der Waals surface area contributed by atoms with Crippen LogP contribution in [0.1, 0.15) is 13.8 Å². The Morgan fingerprint density at radius 3 is 2.52 bits per heavy atom. The molecule has 0 atom stereocenters. The third-order valence-corrected chi connectivity index (χ3v) is 4.19. The molecular formula is C15H23N3O2S. The first kappa shape index (κ1) is 17.5. The summed E-state index contributed by atoms with van der Waals surface area (Å²) in [6, 6.07) is 9.31. The number of para-hydroxylation sites is 1. The van der Waals surface area contributed by atoms with Gasteiger partial charge in [-0.15, -0.1) is 0 Å². The van der Waals surface area contributed by atoms with E-state index in [1.807, 2.05) is 44.2 Å². The van der Waals surface area contributed by atoms with Crippen molar-refractivity contribution in [2.75, 3.05) is 29.9 Å². The lowest BCUT2D eigenvalue weighted by atomic mass is 9.95. The Morgan fingerprint density at radius 2 is 1.90 bits per heavy atom. The van der Waals surface area contributed by atoms with Crippen LogP contribution in [-0.2, 0) is 9.59 Å². The molecule has 116 valence electrons. The topological polar surface area (TPSA) is 84.2 Å². The van der Waals surface area contributed by atoms with Gasteiger partial charge in [0, 0.05) is 24.5 Å². The van der Waals surface area contributed by atoms with E-state index in [0.29, 0.717) is 24.6 Å². The summed E-state index contributed by atoms with van der Waals surface area (Å²) in [6.45, 7) is 4.62. The minimum absolute atomic E-state index is 0.0380. The van der Waals surface area contributed by atoms with E-state index in [9.17, 15) is 9.59 Å². The first-order chi connectivity index (χ1) is 9.95. The van der Waals surface area contributed by atoms with Crippen molar-refractivity contribution in [2.45, 2.75) is 13.8 Å². The van der Waals surface area contributed by atoms with E-state index in [2.05, 4.69) is 10.6 Å². The third kappa shape index (κ3) is 6.64. The van der Waals surface area contributed by atoms with Gasteiger partial charge in [-0.2, -0.15) is 11.8 Å². The molecule has 5 nitrogen and oxygen atoms in total. The zero-order valence-corrected chi connectivity index (χ0v) is 13.3. The Bertz CT molecular complexity index is 463. The van der Waals surface area contributed by atoms with Crippen molar-refractivity contribution in [3.63, 3.8) is 0 Å². The molecule has 6 heteroatoms. The van der Waals surface area contributed by atoms with Crippen molar-refractivity contribution in [3.8, 4) is 0 Å². The Kier molecular flexibility index (Phi) is 7.25. The summed E-state index contributed by atoms with van der Waals surface area (Å²) in [5.74, 6) is 0.793. The quantitative estimate of drug-likeness (QED) is 0.679. The predicted molar refractivity (Wildman–Crippen MR) is 88.2 cm³/mol. The van der Waals surface area contributed by atoms with Crippen molar-refractivity contribution in [1.29, 1.82) is 0 Å². The molecule has 4 N–H and O–H groups in total. The van der Waals surface area contributed by atoms with Gasteiger partial charge in [0.1, 0.15) is 0 Å². The van der Waals surface area contributed by atoms with Crippen LogP contribution in [0.15, 0.2) is 30.3 Å². The summed E-state index contributed by atoms with van der Waals surface area (Å²) in [7, 11) is 0. The number of carbonyl (C=O) groups excluding carboxylic acids is 2. The highest BCUT2D eigenvalue weighted by Crippen LogP contribution is 2.22. The van der Waals surface area contributed by atoms with Gasteiger partial charge < -0.3 is 16.4 Å². The highest BCUT2D eigenvalue weighted by atomic mass is 32.2. The van der Waals surface area contributed by atoms with E-state index >= 15 is 0 Å². The summed E-state index contributed by atoms with van der Waals surface area (Å²) in [5.41, 5.74) is 5.62. The lowest BCUT2D eigenvalue weighted by Crippen LogP contribution is -2.40. The van der Waals surface area contributed by atoms with Crippen LogP contribution in [0.5, 0.6) is 0 Å². The number of thioether (sulfide) groups is 1. The van der Waals surface area contributed by atoms with Gasteiger partial charge >= 0.3 is 0 Å². The molecule has 0 aliphatic carbocycles. The van der Waals surface area contributed by atoms with Crippen LogP contribution >= 0.6 is 11.8 Å². The Morgan fingerprint density at radius 1 is 1.24 bits per heavy atom. The second-order valence-electron chi connectivity index (χ2n) is 5.34. The largest absolute Gasteiger partial charge is 0.354 e. The Labute approximate surface area is 130 Å². The van der Waals surface area contributed by atoms with Crippen molar-refractivity contribution in [1.82, 2.24) is 5.32 Å². The molecule has 2 amide bonds. The maximum atomic E-state index is 11.9. The van der Waals surface area contributed by atoms with Crippen molar-refractivity contribution >= 4 is 29.3 Å². The molecule has 0 aliphatic rings. The van der Waals surface area contributed by atoms with Gasteiger partial charge in [-0.05, 0) is 12.1 Å². The van der Waals surface area contributed by atoms with Crippen molar-refractivity contribution in [2.24, 2.45) is 11.1 Å². The molecule has 0 spiro atoms. The van der Waals surface area contributed by atoms with Crippen LogP contribution in [0.3, 0.4) is 0 Å². The van der Waals surface area contributed by atoms with E-state index in [0.717, 1.165) is 5.69 Å². The van der Waals surface area contributed by atoms with Crippen LogP contribution in [0, 0.1) is 5.41 Å². The zero-order valence-electron chi connectivity index (χ0n) is 12.5. The van der Waals surface area contributed by atoms with Gasteiger partial charge in [0.05, 0.1) is 11.2 Å². The fourth-order valence-corrected chi connectivity index (χ4v) is 2.61. The van der Waals surface area contributed by atoms with Crippen molar-refractivity contribution in [3.05, 3.63) is 30.3 Å². The number of benzene rings is 1. The Hall–Kier alpha value is -1.53. The number of carbonyl (C=O) groups is 2. The van der Waals surface area contributed by atoms with Crippen LogP contribution in [0.4, 0.5) is 5.69 Å². The molecule has 0 aromatic heterocycles. The fraction of sp³-hybridized carbons (Fsp3) is 0.467. The SMILES string of the molecule is CC(C)(CSCC(=O)Nc1ccccc1)C(=O)NCCN. The minimum atomic E-state index is -0.521. The zero-order chi connectivity index (χ0) is 15.7. The highest BCUT2D eigenvalue weighted by Gasteiger charge is 2.27. The average Bonchev–Trinajstić information content (AvgIpc) is 2.45. The van der Waals surface area contributed by atoms with E-state index in [1.54, 1.807) is 0 Å². The number of rotatable bonds is 8. The molecular weight excluding hydrogens is 286 g/mol. The summed E-state index contributed by atoms with van der Waals surface area (Å²) >= 11 is 1.45. The summed E-state index contributed by atoms with van der Waals surface area (Å²) < 4.78 is 0. The number of hydrogen-bond acceptors (Lipinski definition) is 4. The maximum absolute atomic E-state index is 11.9. The van der Waals surface area contributed by atoms with Gasteiger partial charge in [-0.25, -0.2) is 0 Å². The van der Waals surface area contributed by atoms with Crippen molar-refractivity contribution < 1.29 is 9.59 Å². The first-order valence-corrected chi connectivity index (χ1v) is 8.02. The first-order valence-electron chi connectivity index (χ1n) is 6.87. The smallest absolute Gasteiger partial charge is 0.234 e. The van der Waals surface area contributed by atoms with Gasteiger partial charge in [0.2, 0.25) is 11.8 Å². The van der Waals surface area contributed by atoms with Gasteiger partial charge in [0.15, 0.2) is 0 Å². The molecule has 1 aromatic carbocycles. The molecule has 0 fully saturated rings. The molecule has 0 unspecified atom stereocenters. The second kappa shape index (κ2) is 8.69. The van der Waals surface area contributed by atoms with Crippen LogP contribution < -0.4 is 16.4 Å². The molecule has 21 heavy (non-hydrogen) atoms. The third-order valence-electron chi connectivity index (χ3n) is 2.80. The normalized spacial score (nSPS) is 11.0. The number of anilines is 1.